The zero-order valence-electron chi connectivity index (χ0n) is 18.0. The molecule has 1 aliphatic heterocycles. The van der Waals surface area contributed by atoms with Crippen LogP contribution in [0.25, 0.3) is 27.7 Å². The van der Waals surface area contributed by atoms with Gasteiger partial charge in [0.2, 0.25) is 0 Å². The highest BCUT2D eigenvalue weighted by molar-refractivity contribution is 5.97. The summed E-state index contributed by atoms with van der Waals surface area (Å²) in [6, 6.07) is 10.1. The Bertz CT molecular complexity index is 1290. The van der Waals surface area contributed by atoms with Crippen molar-refractivity contribution in [2.75, 3.05) is 5.32 Å². The third-order valence-electron chi connectivity index (χ3n) is 6.12. The van der Waals surface area contributed by atoms with E-state index in [9.17, 15) is 0 Å². The highest BCUT2D eigenvalue weighted by atomic mass is 19.1. The van der Waals surface area contributed by atoms with Crippen molar-refractivity contribution >= 4 is 16.6 Å². The van der Waals surface area contributed by atoms with Crippen LogP contribution in [-0.4, -0.2) is 19.3 Å². The number of hydrogen-bond acceptors (Lipinski definition) is 3. The fraction of sp³-hybridized carbons (Fsp3) is 0.333. The molecule has 6 heteroatoms. The molecule has 0 spiro atoms. The number of halogens is 1. The summed E-state index contributed by atoms with van der Waals surface area (Å²) in [6.45, 7) is 11.1. The van der Waals surface area contributed by atoms with Gasteiger partial charge in [0.05, 0.1) is 16.9 Å². The summed E-state index contributed by atoms with van der Waals surface area (Å²) in [6.07, 6.45) is 3.19. The minimum atomic E-state index is -0.513. The molecule has 0 aliphatic carbocycles. The molecule has 2 aromatic carbocycles. The van der Waals surface area contributed by atoms with Gasteiger partial charge in [-0.2, -0.15) is 0 Å². The lowest BCUT2D eigenvalue weighted by Crippen LogP contribution is -2.37. The predicted octanol–water partition coefficient (Wildman–Crippen LogP) is 5.72. The molecule has 0 amide bonds. The summed E-state index contributed by atoms with van der Waals surface area (Å²) in [4.78, 5) is 0. The van der Waals surface area contributed by atoms with Crippen molar-refractivity contribution in [3.05, 3.63) is 59.6 Å². The number of nitrogens with one attached hydrogen (secondary N) is 1. The molecule has 1 N–H and O–H groups in total. The number of aryl methyl sites for hydroxylation is 2. The molecule has 0 unspecified atom stereocenters. The molecule has 5 nitrogen and oxygen atoms in total. The van der Waals surface area contributed by atoms with Crippen LogP contribution in [0.4, 0.5) is 10.1 Å². The van der Waals surface area contributed by atoms with Gasteiger partial charge in [0.15, 0.2) is 5.82 Å². The number of benzene rings is 2. The van der Waals surface area contributed by atoms with Gasteiger partial charge < -0.3 is 9.88 Å². The van der Waals surface area contributed by atoms with Crippen LogP contribution in [0, 0.1) is 19.7 Å². The van der Waals surface area contributed by atoms with Crippen molar-refractivity contribution in [1.82, 2.24) is 19.3 Å². The first-order chi connectivity index (χ1) is 14.3. The lowest BCUT2D eigenvalue weighted by molar-refractivity contribution is 0.521. The van der Waals surface area contributed by atoms with Crippen LogP contribution in [0.15, 0.2) is 36.5 Å². The maximum atomic E-state index is 15.5. The van der Waals surface area contributed by atoms with Crippen LogP contribution in [0.1, 0.15) is 44.4 Å². The van der Waals surface area contributed by atoms with E-state index in [-0.39, 0.29) is 5.82 Å². The van der Waals surface area contributed by atoms with Gasteiger partial charge in [-0.05, 0) is 69.0 Å². The van der Waals surface area contributed by atoms with Crippen LogP contribution < -0.4 is 5.32 Å². The summed E-state index contributed by atoms with van der Waals surface area (Å²) in [5.74, 6) is 1.29. The van der Waals surface area contributed by atoms with Crippen molar-refractivity contribution in [3.63, 3.8) is 0 Å². The average molecular weight is 404 g/mol. The fourth-order valence-electron chi connectivity index (χ4n) is 4.71. The van der Waals surface area contributed by atoms with Gasteiger partial charge >= 0.3 is 0 Å². The van der Waals surface area contributed by atoms with Gasteiger partial charge in [0.25, 0.3) is 0 Å². The number of hydrogen-bond donors (Lipinski definition) is 1. The first-order valence-corrected chi connectivity index (χ1v) is 10.5. The van der Waals surface area contributed by atoms with E-state index in [0.29, 0.717) is 5.69 Å². The van der Waals surface area contributed by atoms with Gasteiger partial charge in [-0.1, -0.05) is 19.1 Å². The molecule has 0 atom stereocenters. The van der Waals surface area contributed by atoms with Crippen molar-refractivity contribution in [3.8, 4) is 16.8 Å². The van der Waals surface area contributed by atoms with Gasteiger partial charge in [-0.25, -0.2) is 4.39 Å². The Morgan fingerprint density at radius 3 is 2.67 bits per heavy atom. The minimum Gasteiger partial charge on any atom is -0.369 e. The van der Waals surface area contributed by atoms with Crippen LogP contribution >= 0.6 is 0 Å². The monoisotopic (exact) mass is 403 g/mol. The first kappa shape index (κ1) is 18.9. The molecule has 0 radical (unpaired) electrons. The lowest BCUT2D eigenvalue weighted by atomic mass is 9.92. The molecule has 1 aliphatic rings. The van der Waals surface area contributed by atoms with Crippen LogP contribution in [0.3, 0.4) is 0 Å². The smallest absolute Gasteiger partial charge is 0.162 e. The number of anilines is 1. The molecule has 2 aromatic heterocycles. The first-order valence-electron chi connectivity index (χ1n) is 10.5. The van der Waals surface area contributed by atoms with Crippen molar-refractivity contribution < 1.29 is 4.39 Å². The molecule has 0 saturated carbocycles. The molecule has 154 valence electrons. The standard InChI is InChI=1S/C24H26FN5/c1-6-11-29-12-10-17-16(8-7-9-20(17)29)18-13-19(25)21-22(14(18)2)30-15(3)27-28-23(30)24(4,5)26-21/h7-10,12-13,26H,6,11H2,1-5H3. The van der Waals surface area contributed by atoms with Gasteiger partial charge in [0, 0.05) is 23.6 Å². The van der Waals surface area contributed by atoms with E-state index in [2.05, 4.69) is 64.4 Å². The van der Waals surface area contributed by atoms with Crippen LogP contribution in [0.5, 0.6) is 0 Å². The second kappa shape index (κ2) is 6.42. The predicted molar refractivity (Wildman–Crippen MR) is 119 cm³/mol. The van der Waals surface area contributed by atoms with Gasteiger partial charge in [-0.3, -0.25) is 4.57 Å². The largest absolute Gasteiger partial charge is 0.369 e. The summed E-state index contributed by atoms with van der Waals surface area (Å²) in [7, 11) is 0. The third-order valence-corrected chi connectivity index (χ3v) is 6.12. The van der Waals surface area contributed by atoms with Gasteiger partial charge in [-0.15, -0.1) is 10.2 Å². The van der Waals surface area contributed by atoms with E-state index in [0.717, 1.165) is 52.4 Å². The second-order valence-corrected chi connectivity index (χ2v) is 8.66. The van der Waals surface area contributed by atoms with E-state index >= 15 is 4.39 Å². The maximum Gasteiger partial charge on any atom is 0.162 e. The van der Waals surface area contributed by atoms with Crippen LogP contribution in [-0.2, 0) is 12.1 Å². The Kier molecular flexibility index (Phi) is 4.04. The van der Waals surface area contributed by atoms with E-state index in [1.807, 2.05) is 25.3 Å². The summed E-state index contributed by atoms with van der Waals surface area (Å²) in [5, 5.41) is 13.2. The molecule has 4 aromatic rings. The lowest BCUT2D eigenvalue weighted by Gasteiger charge is -2.35. The Morgan fingerprint density at radius 1 is 1.10 bits per heavy atom. The number of nitrogens with zero attached hydrogens (tertiary/aromatic N) is 4. The zero-order valence-corrected chi connectivity index (χ0v) is 18.0. The Hall–Kier alpha value is -3.15. The summed E-state index contributed by atoms with van der Waals surface area (Å²) < 4.78 is 19.7. The molecular formula is C24H26FN5. The van der Waals surface area contributed by atoms with Crippen LogP contribution in [0.2, 0.25) is 0 Å². The normalized spacial score (nSPS) is 14.5. The molecule has 30 heavy (non-hydrogen) atoms. The zero-order chi connectivity index (χ0) is 21.2. The molecule has 3 heterocycles. The summed E-state index contributed by atoms with van der Waals surface area (Å²) in [5.41, 5.74) is 4.91. The molecule has 0 saturated heterocycles. The van der Waals surface area contributed by atoms with E-state index in [1.165, 1.54) is 5.52 Å². The fourth-order valence-corrected chi connectivity index (χ4v) is 4.71. The van der Waals surface area contributed by atoms with Crippen molar-refractivity contribution in [2.45, 2.75) is 53.1 Å². The minimum absolute atomic E-state index is 0.262. The number of fused-ring (bicyclic) bond motifs is 4. The van der Waals surface area contributed by atoms with Crippen molar-refractivity contribution in [2.24, 2.45) is 0 Å². The Balaban J connectivity index is 1.80. The topological polar surface area (TPSA) is 47.7 Å². The number of aromatic nitrogens is 4. The molecule has 0 bridgehead atoms. The quantitative estimate of drug-likeness (QED) is 0.476. The Labute approximate surface area is 175 Å². The third kappa shape index (κ3) is 2.52. The van der Waals surface area contributed by atoms with E-state index < -0.39 is 5.54 Å². The Morgan fingerprint density at radius 2 is 1.90 bits per heavy atom. The highest BCUT2D eigenvalue weighted by Crippen LogP contribution is 2.44. The van der Waals surface area contributed by atoms with E-state index in [1.54, 1.807) is 6.07 Å². The highest BCUT2D eigenvalue weighted by Gasteiger charge is 2.37. The SMILES string of the molecule is CCCn1ccc2c(-c3cc(F)c4c(c3C)-n3c(C)nnc3C(C)(C)N4)cccc21. The number of rotatable bonds is 3. The summed E-state index contributed by atoms with van der Waals surface area (Å²) >= 11 is 0. The average Bonchev–Trinajstić information content (AvgIpc) is 3.29. The maximum absolute atomic E-state index is 15.5. The van der Waals surface area contributed by atoms with Crippen molar-refractivity contribution in [1.29, 1.82) is 0 Å². The van der Waals surface area contributed by atoms with Gasteiger partial charge in [0.1, 0.15) is 11.6 Å². The molecule has 5 rings (SSSR count). The second-order valence-electron chi connectivity index (χ2n) is 8.66. The van der Waals surface area contributed by atoms with E-state index in [4.69, 9.17) is 0 Å². The molecule has 0 fully saturated rings. The molecular weight excluding hydrogens is 377 g/mol.